The van der Waals surface area contributed by atoms with Gasteiger partial charge in [-0.2, -0.15) is 0 Å². The van der Waals surface area contributed by atoms with E-state index in [0.29, 0.717) is 37.2 Å². The Bertz CT molecular complexity index is 964. The number of hydroxylamine groups is 1. The van der Waals surface area contributed by atoms with Gasteiger partial charge in [0.25, 0.3) is 0 Å². The first-order chi connectivity index (χ1) is 16.5. The number of carbonyl (C=O) groups is 3. The third-order valence-corrected chi connectivity index (χ3v) is 6.49. The van der Waals surface area contributed by atoms with Crippen molar-refractivity contribution < 1.29 is 24.3 Å². The fourth-order valence-electron chi connectivity index (χ4n) is 4.66. The Morgan fingerprint density at radius 2 is 1.82 bits per heavy atom. The number of rotatable bonds is 10. The zero-order chi connectivity index (χ0) is 24.5. The Hall–Kier alpha value is -3.23. The summed E-state index contributed by atoms with van der Waals surface area (Å²) in [5, 5.41) is 15.5. The van der Waals surface area contributed by atoms with Crippen LogP contribution in [-0.2, 0) is 20.9 Å². The van der Waals surface area contributed by atoms with Gasteiger partial charge in [-0.25, -0.2) is 5.48 Å². The zero-order valence-corrected chi connectivity index (χ0v) is 19.6. The molecule has 1 unspecified atom stereocenters. The predicted octanol–water partition coefficient (Wildman–Crippen LogP) is 2.56. The molecule has 0 radical (unpaired) electrons. The molecule has 0 saturated carbocycles. The molecule has 0 aromatic heterocycles. The summed E-state index contributed by atoms with van der Waals surface area (Å²) in [7, 11) is 1.55. The zero-order valence-electron chi connectivity index (χ0n) is 19.6. The van der Waals surface area contributed by atoms with Crippen LogP contribution in [0, 0.1) is 11.8 Å². The van der Waals surface area contributed by atoms with Crippen LogP contribution < -0.4 is 20.9 Å². The smallest absolute Gasteiger partial charge is 0.247 e. The van der Waals surface area contributed by atoms with Crippen molar-refractivity contribution in [3.63, 3.8) is 0 Å². The fourth-order valence-corrected chi connectivity index (χ4v) is 4.66. The summed E-state index contributed by atoms with van der Waals surface area (Å²) < 4.78 is 5.23. The van der Waals surface area contributed by atoms with E-state index in [1.54, 1.807) is 43.8 Å². The summed E-state index contributed by atoms with van der Waals surface area (Å²) in [6.07, 6.45) is 1.64. The first kappa shape index (κ1) is 25.4. The minimum absolute atomic E-state index is 0.187. The average molecular weight is 468 g/mol. The van der Waals surface area contributed by atoms with Crippen LogP contribution in [0.5, 0.6) is 5.75 Å². The minimum Gasteiger partial charge on any atom is -0.497 e. The molecule has 2 aromatic carbocycles. The van der Waals surface area contributed by atoms with Gasteiger partial charge in [0.15, 0.2) is 0 Å². The monoisotopic (exact) mass is 467 g/mol. The number of amides is 2. The molecule has 1 saturated heterocycles. The van der Waals surface area contributed by atoms with Crippen LogP contribution in [0.3, 0.4) is 0 Å². The van der Waals surface area contributed by atoms with Crippen LogP contribution >= 0.6 is 0 Å². The Balaban J connectivity index is 1.86. The first-order valence-electron chi connectivity index (χ1n) is 11.7. The Morgan fingerprint density at radius 1 is 1.12 bits per heavy atom. The van der Waals surface area contributed by atoms with Crippen molar-refractivity contribution in [2.45, 2.75) is 44.7 Å². The molecule has 0 spiro atoms. The van der Waals surface area contributed by atoms with Gasteiger partial charge in [0.05, 0.1) is 25.0 Å². The third kappa shape index (κ3) is 6.01. The molecule has 0 aliphatic carbocycles. The highest BCUT2D eigenvalue weighted by atomic mass is 16.5. The number of benzene rings is 2. The van der Waals surface area contributed by atoms with E-state index in [0.717, 1.165) is 12.0 Å². The molecule has 3 rings (SSSR count). The van der Waals surface area contributed by atoms with Gasteiger partial charge < -0.3 is 15.4 Å². The molecular weight excluding hydrogens is 434 g/mol. The second-order valence-electron chi connectivity index (χ2n) is 8.53. The van der Waals surface area contributed by atoms with Crippen molar-refractivity contribution >= 4 is 17.6 Å². The van der Waals surface area contributed by atoms with Crippen LogP contribution in [0.15, 0.2) is 54.6 Å². The van der Waals surface area contributed by atoms with E-state index in [4.69, 9.17) is 4.74 Å². The number of ether oxygens (including phenoxy) is 1. The van der Waals surface area contributed by atoms with Gasteiger partial charge in [-0.1, -0.05) is 49.4 Å². The SMILES string of the molecule is CC[C@H](C(=O)NO)C(C(=O)[C@H]1CCCN[C@@H]1C(=O)NCc1ccccc1)c1ccc(OC)cc1. The van der Waals surface area contributed by atoms with E-state index in [2.05, 4.69) is 10.6 Å². The molecule has 1 aliphatic heterocycles. The number of carbonyl (C=O) groups excluding carboxylic acids is 3. The number of piperidine rings is 1. The van der Waals surface area contributed by atoms with Crippen molar-refractivity contribution in [1.82, 2.24) is 16.1 Å². The van der Waals surface area contributed by atoms with E-state index < -0.39 is 29.7 Å². The fraction of sp³-hybridized carbons (Fsp3) is 0.423. The molecule has 182 valence electrons. The third-order valence-electron chi connectivity index (χ3n) is 6.49. The summed E-state index contributed by atoms with van der Waals surface area (Å²) >= 11 is 0. The van der Waals surface area contributed by atoms with Crippen molar-refractivity contribution in [1.29, 1.82) is 0 Å². The second-order valence-corrected chi connectivity index (χ2v) is 8.53. The number of ketones is 1. The summed E-state index contributed by atoms with van der Waals surface area (Å²) in [6, 6.07) is 15.9. The van der Waals surface area contributed by atoms with Gasteiger partial charge in [-0.3, -0.25) is 19.6 Å². The van der Waals surface area contributed by atoms with Crippen LogP contribution in [0.4, 0.5) is 0 Å². The van der Waals surface area contributed by atoms with Crippen LogP contribution in [0.1, 0.15) is 43.2 Å². The lowest BCUT2D eigenvalue weighted by molar-refractivity contribution is -0.140. The number of Topliss-reactive ketones (excluding diaryl/α,β-unsaturated/α-hetero) is 1. The molecule has 1 aliphatic rings. The topological polar surface area (TPSA) is 117 Å². The lowest BCUT2D eigenvalue weighted by Gasteiger charge is -2.35. The molecule has 1 fully saturated rings. The van der Waals surface area contributed by atoms with Gasteiger partial charge in [-0.05, 0) is 49.1 Å². The van der Waals surface area contributed by atoms with Crippen LogP contribution in [0.2, 0.25) is 0 Å². The summed E-state index contributed by atoms with van der Waals surface area (Å²) in [4.78, 5) is 39.6. The summed E-state index contributed by atoms with van der Waals surface area (Å²) in [5.74, 6) is -2.60. The van der Waals surface area contributed by atoms with Crippen molar-refractivity contribution in [3.8, 4) is 5.75 Å². The maximum absolute atomic E-state index is 14.0. The van der Waals surface area contributed by atoms with E-state index in [1.165, 1.54) is 0 Å². The van der Waals surface area contributed by atoms with Gasteiger partial charge in [0, 0.05) is 12.5 Å². The lowest BCUT2D eigenvalue weighted by atomic mass is 9.73. The molecule has 0 bridgehead atoms. The highest BCUT2D eigenvalue weighted by Gasteiger charge is 2.42. The maximum Gasteiger partial charge on any atom is 0.247 e. The normalized spacial score (nSPS) is 19.5. The molecular formula is C26H33N3O5. The number of hydrogen-bond donors (Lipinski definition) is 4. The average Bonchev–Trinajstić information content (AvgIpc) is 2.90. The summed E-state index contributed by atoms with van der Waals surface area (Å²) in [6.45, 7) is 2.80. The molecule has 8 heteroatoms. The molecule has 8 nitrogen and oxygen atoms in total. The second kappa shape index (κ2) is 12.3. The van der Waals surface area contributed by atoms with Gasteiger partial charge >= 0.3 is 0 Å². The van der Waals surface area contributed by atoms with Crippen LogP contribution in [-0.4, -0.2) is 42.5 Å². The minimum atomic E-state index is -0.808. The number of hydrogen-bond acceptors (Lipinski definition) is 6. The molecule has 34 heavy (non-hydrogen) atoms. The first-order valence-corrected chi connectivity index (χ1v) is 11.7. The van der Waals surface area contributed by atoms with Crippen LogP contribution in [0.25, 0.3) is 0 Å². The quantitative estimate of drug-likeness (QED) is 0.315. The van der Waals surface area contributed by atoms with E-state index in [9.17, 15) is 19.6 Å². The summed E-state index contributed by atoms with van der Waals surface area (Å²) in [5.41, 5.74) is 3.33. The molecule has 2 amide bonds. The van der Waals surface area contributed by atoms with Crippen molar-refractivity contribution in [3.05, 3.63) is 65.7 Å². The lowest BCUT2D eigenvalue weighted by Crippen LogP contribution is -2.55. The standard InChI is InChI=1S/C26H33N3O5/c1-3-20(25(31)29-33)22(18-11-13-19(34-2)14-12-18)24(30)21-10-7-15-27-23(21)26(32)28-16-17-8-5-4-6-9-17/h4-6,8-9,11-14,20-23,27,33H,3,7,10,15-16H2,1-2H3,(H,28,32)(H,29,31)/t20-,21-,22?,23-/m0/s1. The van der Waals surface area contributed by atoms with Gasteiger partial charge in [0.2, 0.25) is 11.8 Å². The van der Waals surface area contributed by atoms with E-state index in [-0.39, 0.29) is 11.7 Å². The number of methoxy groups -OCH3 is 1. The van der Waals surface area contributed by atoms with E-state index >= 15 is 0 Å². The molecule has 4 atom stereocenters. The maximum atomic E-state index is 14.0. The van der Waals surface area contributed by atoms with Crippen molar-refractivity contribution in [2.75, 3.05) is 13.7 Å². The predicted molar refractivity (Wildman–Crippen MR) is 127 cm³/mol. The van der Waals surface area contributed by atoms with Crippen molar-refractivity contribution in [2.24, 2.45) is 11.8 Å². The van der Waals surface area contributed by atoms with Gasteiger partial charge in [0.1, 0.15) is 11.5 Å². The number of nitrogens with one attached hydrogen (secondary N) is 3. The molecule has 4 N–H and O–H groups in total. The Kier molecular flexibility index (Phi) is 9.18. The molecule has 2 aromatic rings. The molecule has 1 heterocycles. The highest BCUT2D eigenvalue weighted by molar-refractivity contribution is 5.97. The Morgan fingerprint density at radius 3 is 2.44 bits per heavy atom. The van der Waals surface area contributed by atoms with E-state index in [1.807, 2.05) is 30.3 Å². The largest absolute Gasteiger partial charge is 0.497 e. The highest BCUT2D eigenvalue weighted by Crippen LogP contribution is 2.35. The Labute approximate surface area is 200 Å². The van der Waals surface area contributed by atoms with Gasteiger partial charge in [-0.15, -0.1) is 0 Å².